The van der Waals surface area contributed by atoms with E-state index in [4.69, 9.17) is 19.9 Å². The molecule has 4 rings (SSSR count). The fourth-order valence-electron chi connectivity index (χ4n) is 3.08. The Kier molecular flexibility index (Phi) is 8.49. The molecule has 10 nitrogen and oxygen atoms in total. The number of aromatic amines is 1. The lowest BCUT2D eigenvalue weighted by Gasteiger charge is -2.08. The Balaban J connectivity index is 1.34. The lowest BCUT2D eigenvalue weighted by atomic mass is 10.2. The van der Waals surface area contributed by atoms with Gasteiger partial charge < -0.3 is 30.2 Å². The minimum absolute atomic E-state index is 0.338. The average molecular weight is 494 g/mol. The van der Waals surface area contributed by atoms with Crippen molar-refractivity contribution in [2.45, 2.75) is 12.1 Å². The molecular weight excluding hydrogens is 466 g/mol. The number of aryl methyl sites for hydroxylation is 1. The highest BCUT2D eigenvalue weighted by Crippen LogP contribution is 2.26. The van der Waals surface area contributed by atoms with Crippen LogP contribution in [-0.4, -0.2) is 57.8 Å². The number of nitrogens with one attached hydrogen (secondary N) is 2. The first-order chi connectivity index (χ1) is 17.1. The maximum Gasteiger partial charge on any atom is 0.226 e. The molecule has 0 radical (unpaired) electrons. The number of ether oxygens (including phenoxy) is 3. The Morgan fingerprint density at radius 2 is 1.86 bits per heavy atom. The van der Waals surface area contributed by atoms with Gasteiger partial charge in [-0.25, -0.2) is 4.98 Å². The van der Waals surface area contributed by atoms with Gasteiger partial charge in [-0.05, 0) is 48.9 Å². The van der Waals surface area contributed by atoms with Crippen molar-refractivity contribution >= 4 is 29.2 Å². The number of H-pyrrole nitrogens is 1. The van der Waals surface area contributed by atoms with E-state index in [1.54, 1.807) is 13.2 Å². The molecule has 2 aromatic heterocycles. The van der Waals surface area contributed by atoms with Crippen LogP contribution < -0.4 is 15.8 Å². The predicted molar refractivity (Wildman–Crippen MR) is 136 cm³/mol. The fraction of sp³-hybridized carbons (Fsp3) is 0.250. The second-order valence-corrected chi connectivity index (χ2v) is 8.57. The molecule has 0 atom stereocenters. The summed E-state index contributed by atoms with van der Waals surface area (Å²) in [6, 6.07) is 17.1. The molecule has 182 valence electrons. The largest absolute Gasteiger partial charge is 0.439 e. The summed E-state index contributed by atoms with van der Waals surface area (Å²) in [7, 11) is 1.64. The van der Waals surface area contributed by atoms with Crippen LogP contribution in [0.2, 0.25) is 0 Å². The first-order valence-corrected chi connectivity index (χ1v) is 12.0. The number of anilines is 3. The number of benzene rings is 2. The number of hydrogen-bond acceptors (Lipinski definition) is 10. The lowest BCUT2D eigenvalue weighted by molar-refractivity contribution is 0.0790. The zero-order valence-corrected chi connectivity index (χ0v) is 20.3. The fourth-order valence-corrected chi connectivity index (χ4v) is 3.79. The number of nitrogen functional groups attached to an aromatic ring is 1. The number of nitrogens with two attached hydrogens (primary N) is 1. The van der Waals surface area contributed by atoms with Crippen LogP contribution in [0.5, 0.6) is 11.6 Å². The topological polar surface area (TPSA) is 133 Å². The molecule has 2 aromatic carbocycles. The smallest absolute Gasteiger partial charge is 0.226 e. The third-order valence-electron chi connectivity index (χ3n) is 4.71. The first kappa shape index (κ1) is 24.5. The summed E-state index contributed by atoms with van der Waals surface area (Å²) in [6.07, 6.45) is 0. The average Bonchev–Trinajstić information content (AvgIpc) is 3.30. The molecule has 0 unspecified atom stereocenters. The van der Waals surface area contributed by atoms with Gasteiger partial charge in [-0.1, -0.05) is 23.9 Å². The molecule has 0 aliphatic rings. The number of thioether (sulfide) groups is 1. The summed E-state index contributed by atoms with van der Waals surface area (Å²) in [5, 5.41) is 12.2. The van der Waals surface area contributed by atoms with Crippen molar-refractivity contribution in [3.05, 3.63) is 60.2 Å². The summed E-state index contributed by atoms with van der Waals surface area (Å²) in [4.78, 5) is 11.9. The van der Waals surface area contributed by atoms with E-state index in [-0.39, 0.29) is 0 Å². The summed E-state index contributed by atoms with van der Waals surface area (Å²) < 4.78 is 16.3. The number of methoxy groups -OCH3 is 1. The van der Waals surface area contributed by atoms with Gasteiger partial charge in [0.25, 0.3) is 0 Å². The molecule has 0 saturated heterocycles. The summed E-state index contributed by atoms with van der Waals surface area (Å²) in [5.41, 5.74) is 8.90. The molecule has 0 amide bonds. The highest BCUT2D eigenvalue weighted by atomic mass is 32.2. The minimum atomic E-state index is 0.338. The standard InChI is InChI=1S/C24H27N7O3S/c1-16-4-3-5-18(14-16)26-23-29-22(30-31-23)17-6-8-19(9-7-17)34-21-15-20(25)27-24(28-21)35-13-12-33-11-10-32-2/h3-9,14-15H,10-13H2,1-2H3,(H2,25,27,28)(H2,26,29,30,31). The van der Waals surface area contributed by atoms with Gasteiger partial charge in [0.2, 0.25) is 11.8 Å². The maximum atomic E-state index is 5.93. The number of nitrogens with zero attached hydrogens (tertiary/aromatic N) is 4. The molecule has 0 saturated carbocycles. The van der Waals surface area contributed by atoms with Crippen LogP contribution in [0.15, 0.2) is 59.8 Å². The van der Waals surface area contributed by atoms with E-state index in [2.05, 4.69) is 30.5 Å². The molecule has 2 heterocycles. The molecule has 0 fully saturated rings. The van der Waals surface area contributed by atoms with Crippen LogP contribution >= 0.6 is 11.8 Å². The Labute approximate surface area is 207 Å². The molecular formula is C24H27N7O3S. The normalized spacial score (nSPS) is 10.9. The van der Waals surface area contributed by atoms with E-state index >= 15 is 0 Å². The van der Waals surface area contributed by atoms with Crippen molar-refractivity contribution in [1.29, 1.82) is 0 Å². The Morgan fingerprint density at radius 3 is 2.66 bits per heavy atom. The molecule has 11 heteroatoms. The van der Waals surface area contributed by atoms with Crippen LogP contribution in [-0.2, 0) is 9.47 Å². The van der Waals surface area contributed by atoms with Crippen molar-refractivity contribution in [1.82, 2.24) is 25.1 Å². The predicted octanol–water partition coefficient (Wildman–Crippen LogP) is 4.44. The molecule has 4 N–H and O–H groups in total. The number of hydrogen-bond donors (Lipinski definition) is 3. The molecule has 0 bridgehead atoms. The quantitative estimate of drug-likeness (QED) is 0.148. The van der Waals surface area contributed by atoms with E-state index in [1.807, 2.05) is 55.5 Å². The van der Waals surface area contributed by atoms with Gasteiger partial charge in [0.05, 0.1) is 19.8 Å². The van der Waals surface area contributed by atoms with Crippen molar-refractivity contribution in [2.24, 2.45) is 0 Å². The van der Waals surface area contributed by atoms with Gasteiger partial charge in [-0.3, -0.25) is 0 Å². The van der Waals surface area contributed by atoms with Gasteiger partial charge in [0.15, 0.2) is 11.0 Å². The highest BCUT2D eigenvalue weighted by molar-refractivity contribution is 7.99. The van der Waals surface area contributed by atoms with E-state index in [0.29, 0.717) is 60.0 Å². The second kappa shape index (κ2) is 12.2. The molecule has 0 aliphatic heterocycles. The SMILES string of the molecule is COCCOCCSc1nc(N)cc(Oc2ccc(-c3nnc(Nc4cccc(C)c4)[nH]3)cc2)n1. The van der Waals surface area contributed by atoms with Crippen molar-refractivity contribution in [3.63, 3.8) is 0 Å². The first-order valence-electron chi connectivity index (χ1n) is 11.0. The van der Waals surface area contributed by atoms with Gasteiger partial charge >= 0.3 is 0 Å². The van der Waals surface area contributed by atoms with Crippen LogP contribution in [0.25, 0.3) is 11.4 Å². The van der Waals surface area contributed by atoms with Gasteiger partial charge in [0, 0.05) is 30.2 Å². The van der Waals surface area contributed by atoms with Crippen LogP contribution in [0.3, 0.4) is 0 Å². The zero-order chi connectivity index (χ0) is 24.5. The van der Waals surface area contributed by atoms with E-state index < -0.39 is 0 Å². The molecule has 4 aromatic rings. The van der Waals surface area contributed by atoms with E-state index in [1.165, 1.54) is 11.8 Å². The summed E-state index contributed by atoms with van der Waals surface area (Å²) in [5.74, 6) is 3.23. The monoisotopic (exact) mass is 493 g/mol. The molecule has 0 spiro atoms. The van der Waals surface area contributed by atoms with Crippen LogP contribution in [0.1, 0.15) is 5.56 Å². The van der Waals surface area contributed by atoms with Crippen molar-refractivity contribution in [2.75, 3.05) is 43.7 Å². The minimum Gasteiger partial charge on any atom is -0.439 e. The zero-order valence-electron chi connectivity index (χ0n) is 19.5. The van der Waals surface area contributed by atoms with Crippen LogP contribution in [0, 0.1) is 6.92 Å². The Hall–Kier alpha value is -3.67. The second-order valence-electron chi connectivity index (χ2n) is 7.51. The van der Waals surface area contributed by atoms with Crippen molar-refractivity contribution in [3.8, 4) is 23.0 Å². The Morgan fingerprint density at radius 1 is 1.00 bits per heavy atom. The Bertz CT molecular complexity index is 1230. The van der Waals surface area contributed by atoms with Crippen molar-refractivity contribution < 1.29 is 14.2 Å². The van der Waals surface area contributed by atoms with E-state index in [0.717, 1.165) is 16.8 Å². The van der Waals surface area contributed by atoms with Gasteiger partial charge in [-0.15, -0.1) is 10.2 Å². The highest BCUT2D eigenvalue weighted by Gasteiger charge is 2.09. The van der Waals surface area contributed by atoms with Crippen LogP contribution in [0.4, 0.5) is 17.5 Å². The van der Waals surface area contributed by atoms with E-state index in [9.17, 15) is 0 Å². The number of rotatable bonds is 12. The molecule has 35 heavy (non-hydrogen) atoms. The summed E-state index contributed by atoms with van der Waals surface area (Å²) in [6.45, 7) is 3.72. The third kappa shape index (κ3) is 7.41. The van der Waals surface area contributed by atoms with Gasteiger partial charge in [0.1, 0.15) is 11.6 Å². The summed E-state index contributed by atoms with van der Waals surface area (Å²) >= 11 is 1.45. The lowest BCUT2D eigenvalue weighted by Crippen LogP contribution is -2.05. The van der Waals surface area contributed by atoms with Gasteiger partial charge in [-0.2, -0.15) is 4.98 Å². The third-order valence-corrected chi connectivity index (χ3v) is 5.52. The maximum absolute atomic E-state index is 5.93. The number of aromatic nitrogens is 5. The molecule has 0 aliphatic carbocycles.